The number of aryl methyl sites for hydroxylation is 1. The van der Waals surface area contributed by atoms with Gasteiger partial charge in [-0.3, -0.25) is 4.99 Å². The lowest BCUT2D eigenvalue weighted by molar-refractivity contribution is 0.477. The summed E-state index contributed by atoms with van der Waals surface area (Å²) in [5, 5.41) is 10.5. The maximum atomic E-state index is 10.0. The van der Waals surface area contributed by atoms with Gasteiger partial charge >= 0.3 is 0 Å². The van der Waals surface area contributed by atoms with E-state index >= 15 is 0 Å². The molecule has 3 rings (SSSR count). The Morgan fingerprint density at radius 3 is 2.59 bits per heavy atom. The zero-order valence-electron chi connectivity index (χ0n) is 16.7. The molecule has 0 unspecified atom stereocenters. The van der Waals surface area contributed by atoms with E-state index in [9.17, 15) is 5.11 Å². The highest BCUT2D eigenvalue weighted by Gasteiger charge is 2.31. The van der Waals surface area contributed by atoms with Crippen LogP contribution in [0.2, 0.25) is 5.02 Å². The van der Waals surface area contributed by atoms with Crippen LogP contribution in [-0.4, -0.2) is 23.4 Å². The number of allylic oxidation sites excluding steroid dienone is 1. The molecule has 0 bridgehead atoms. The van der Waals surface area contributed by atoms with Crippen molar-refractivity contribution < 1.29 is 5.11 Å². The fraction of sp³-hybridized carbons (Fsp3) is 0.348. The third kappa shape index (κ3) is 3.89. The summed E-state index contributed by atoms with van der Waals surface area (Å²) < 4.78 is 0. The number of nitrogens with zero attached hydrogens (tertiary/aromatic N) is 2. The lowest BCUT2D eigenvalue weighted by Gasteiger charge is -2.43. The molecule has 2 aromatic carbocycles. The summed E-state index contributed by atoms with van der Waals surface area (Å²) in [6.07, 6.45) is 5.26. The monoisotopic (exact) mass is 382 g/mol. The van der Waals surface area contributed by atoms with Crippen molar-refractivity contribution in [1.82, 2.24) is 0 Å². The highest BCUT2D eigenvalue weighted by Crippen LogP contribution is 2.40. The van der Waals surface area contributed by atoms with Crippen molar-refractivity contribution in [3.63, 3.8) is 0 Å². The third-order valence-corrected chi connectivity index (χ3v) is 5.33. The molecule has 0 aliphatic carbocycles. The molecule has 0 fully saturated rings. The summed E-state index contributed by atoms with van der Waals surface area (Å²) in [6.45, 7) is 12.0. The van der Waals surface area contributed by atoms with Crippen molar-refractivity contribution in [3.05, 3.63) is 58.1 Å². The van der Waals surface area contributed by atoms with Crippen molar-refractivity contribution in [2.24, 2.45) is 4.99 Å². The lowest BCUT2D eigenvalue weighted by atomic mass is 9.87. The first-order valence-corrected chi connectivity index (χ1v) is 9.75. The molecule has 0 atom stereocenters. The van der Waals surface area contributed by atoms with Crippen LogP contribution in [0.3, 0.4) is 0 Å². The third-order valence-electron chi connectivity index (χ3n) is 5.09. The molecule has 1 aliphatic heterocycles. The van der Waals surface area contributed by atoms with Crippen molar-refractivity contribution in [2.45, 2.75) is 46.6 Å². The molecule has 1 heterocycles. The summed E-state index contributed by atoms with van der Waals surface area (Å²) >= 11 is 5.89. The second-order valence-corrected chi connectivity index (χ2v) is 8.19. The van der Waals surface area contributed by atoms with Crippen molar-refractivity contribution in [2.75, 3.05) is 11.4 Å². The van der Waals surface area contributed by atoms with E-state index in [0.717, 1.165) is 24.1 Å². The van der Waals surface area contributed by atoms with Gasteiger partial charge in [-0.1, -0.05) is 24.6 Å². The molecule has 0 saturated heterocycles. The van der Waals surface area contributed by atoms with Crippen LogP contribution >= 0.6 is 11.6 Å². The van der Waals surface area contributed by atoms with Gasteiger partial charge in [0, 0.05) is 35.1 Å². The molecule has 1 N–H and O–H groups in total. The van der Waals surface area contributed by atoms with E-state index < -0.39 is 0 Å². The number of rotatable bonds is 4. The first-order valence-electron chi connectivity index (χ1n) is 9.37. The van der Waals surface area contributed by atoms with Crippen LogP contribution < -0.4 is 4.90 Å². The molecule has 4 heteroatoms. The van der Waals surface area contributed by atoms with Crippen LogP contribution in [0.4, 0.5) is 11.4 Å². The van der Waals surface area contributed by atoms with E-state index in [-0.39, 0.29) is 11.3 Å². The molecule has 0 amide bonds. The Kier molecular flexibility index (Phi) is 5.34. The first kappa shape index (κ1) is 19.5. The fourth-order valence-corrected chi connectivity index (χ4v) is 3.93. The van der Waals surface area contributed by atoms with Crippen LogP contribution in [-0.2, 0) is 0 Å². The maximum Gasteiger partial charge on any atom is 0.142 e. The summed E-state index contributed by atoms with van der Waals surface area (Å²) in [4.78, 5) is 6.95. The van der Waals surface area contributed by atoms with Crippen LogP contribution in [0.5, 0.6) is 5.75 Å². The van der Waals surface area contributed by atoms with Crippen molar-refractivity contribution in [3.8, 4) is 5.75 Å². The van der Waals surface area contributed by atoms with E-state index in [0.29, 0.717) is 10.7 Å². The average molecular weight is 383 g/mol. The molecule has 0 saturated carbocycles. The van der Waals surface area contributed by atoms with Gasteiger partial charge < -0.3 is 10.0 Å². The molecule has 0 radical (unpaired) electrons. The van der Waals surface area contributed by atoms with Gasteiger partial charge in [0.1, 0.15) is 11.4 Å². The number of phenolic OH excluding ortho intramolecular Hbond substituents is 1. The predicted octanol–water partition coefficient (Wildman–Crippen LogP) is 6.52. The Morgan fingerprint density at radius 1 is 1.19 bits per heavy atom. The minimum atomic E-state index is 0.00420. The minimum absolute atomic E-state index is 0.00420. The molecule has 2 aromatic rings. The highest BCUT2D eigenvalue weighted by atomic mass is 35.5. The van der Waals surface area contributed by atoms with Crippen molar-refractivity contribution >= 4 is 34.8 Å². The number of aromatic hydroxyl groups is 1. The van der Waals surface area contributed by atoms with Gasteiger partial charge in [-0.05, 0) is 75.1 Å². The number of hydrogen-bond donors (Lipinski definition) is 1. The van der Waals surface area contributed by atoms with Crippen LogP contribution in [0.25, 0.3) is 5.57 Å². The van der Waals surface area contributed by atoms with Gasteiger partial charge in [0.25, 0.3) is 0 Å². The van der Waals surface area contributed by atoms with E-state index in [1.807, 2.05) is 6.21 Å². The number of halogens is 1. The SMILES string of the molecule is CCCN1c2cc(C)c(C=Nc3ccc(Cl)cc3O)cc2C(C)=CC1(C)C. The fourth-order valence-electron chi connectivity index (χ4n) is 3.76. The smallest absolute Gasteiger partial charge is 0.142 e. The molecule has 0 spiro atoms. The Bertz CT molecular complexity index is 928. The Morgan fingerprint density at radius 2 is 1.93 bits per heavy atom. The van der Waals surface area contributed by atoms with Crippen LogP contribution in [0.15, 0.2) is 41.4 Å². The molecular formula is C23H27ClN2O. The second-order valence-electron chi connectivity index (χ2n) is 7.75. The van der Waals surface area contributed by atoms with Crippen LogP contribution in [0, 0.1) is 6.92 Å². The van der Waals surface area contributed by atoms with E-state index in [2.05, 4.69) is 62.7 Å². The van der Waals surface area contributed by atoms with Gasteiger partial charge in [0.2, 0.25) is 0 Å². The summed E-state index contributed by atoms with van der Waals surface area (Å²) in [5.41, 5.74) is 6.54. The summed E-state index contributed by atoms with van der Waals surface area (Å²) in [5.74, 6) is 0.0845. The zero-order valence-corrected chi connectivity index (χ0v) is 17.4. The standard InChI is InChI=1S/C23H27ClN2O/c1-6-9-26-21-10-15(2)17(11-19(21)16(3)13-23(26,4)5)14-25-20-8-7-18(24)12-22(20)27/h7-8,10-14,27H,6,9H2,1-5H3. The minimum Gasteiger partial charge on any atom is -0.506 e. The quantitative estimate of drug-likeness (QED) is 0.611. The topological polar surface area (TPSA) is 35.8 Å². The predicted molar refractivity (Wildman–Crippen MR) is 117 cm³/mol. The Balaban J connectivity index is 2.03. The number of phenols is 1. The van der Waals surface area contributed by atoms with Gasteiger partial charge in [-0.15, -0.1) is 0 Å². The van der Waals surface area contributed by atoms with E-state index in [1.165, 1.54) is 22.9 Å². The lowest BCUT2D eigenvalue weighted by Crippen LogP contribution is -2.45. The summed E-state index contributed by atoms with van der Waals surface area (Å²) in [7, 11) is 0. The van der Waals surface area contributed by atoms with Gasteiger partial charge in [-0.25, -0.2) is 0 Å². The van der Waals surface area contributed by atoms with Gasteiger partial charge in [0.15, 0.2) is 0 Å². The van der Waals surface area contributed by atoms with Gasteiger partial charge in [-0.2, -0.15) is 0 Å². The number of fused-ring (bicyclic) bond motifs is 1. The molecule has 27 heavy (non-hydrogen) atoms. The summed E-state index contributed by atoms with van der Waals surface area (Å²) in [6, 6.07) is 9.41. The van der Waals surface area contributed by atoms with E-state index in [4.69, 9.17) is 11.6 Å². The number of aliphatic imine (C=N–C) groups is 1. The second kappa shape index (κ2) is 7.40. The van der Waals surface area contributed by atoms with Crippen LogP contribution in [0.1, 0.15) is 50.8 Å². The Labute approximate surface area is 167 Å². The molecule has 3 nitrogen and oxygen atoms in total. The molecule has 142 valence electrons. The Hall–Kier alpha value is -2.26. The number of anilines is 1. The van der Waals surface area contributed by atoms with Gasteiger partial charge in [0.05, 0.1) is 5.54 Å². The number of hydrogen-bond acceptors (Lipinski definition) is 3. The largest absolute Gasteiger partial charge is 0.506 e. The number of benzene rings is 2. The van der Waals surface area contributed by atoms with E-state index in [1.54, 1.807) is 12.1 Å². The zero-order chi connectivity index (χ0) is 19.8. The molecule has 1 aliphatic rings. The molecular weight excluding hydrogens is 356 g/mol. The normalized spacial score (nSPS) is 15.8. The average Bonchev–Trinajstić information content (AvgIpc) is 2.58. The molecule has 0 aromatic heterocycles. The van der Waals surface area contributed by atoms with Crippen molar-refractivity contribution in [1.29, 1.82) is 0 Å². The first-order chi connectivity index (χ1) is 12.7. The highest BCUT2D eigenvalue weighted by molar-refractivity contribution is 6.30. The maximum absolute atomic E-state index is 10.0.